The van der Waals surface area contributed by atoms with E-state index >= 15 is 0 Å². The van der Waals surface area contributed by atoms with Crippen molar-refractivity contribution < 1.29 is 13.5 Å². The number of aliphatic hydroxyl groups excluding tert-OH is 1. The molecule has 1 fully saturated rings. The standard InChI is InChI=1S/C32H33NO3S/c1-25-19-21-29(22-20-25)37(35,36)24-31(34)30-18-11-23-33(30)32(26-12-5-2-6-13-26,27-14-7-3-8-15-27)28-16-9-4-10-17-28/h2-10,12-17,19-22,30-31,34H,11,18,23-24H2,1H3/t30-,31?/m1/s1. The van der Waals surface area contributed by atoms with Crippen LogP contribution in [0.25, 0.3) is 0 Å². The molecule has 0 radical (unpaired) electrons. The minimum Gasteiger partial charge on any atom is -0.390 e. The Kier molecular flexibility index (Phi) is 7.29. The van der Waals surface area contributed by atoms with Gasteiger partial charge >= 0.3 is 0 Å². The van der Waals surface area contributed by atoms with E-state index in [-0.39, 0.29) is 16.7 Å². The molecule has 2 atom stereocenters. The van der Waals surface area contributed by atoms with Crippen molar-refractivity contribution in [3.8, 4) is 0 Å². The van der Waals surface area contributed by atoms with E-state index in [2.05, 4.69) is 41.3 Å². The van der Waals surface area contributed by atoms with Crippen LogP contribution in [0.5, 0.6) is 0 Å². The van der Waals surface area contributed by atoms with Gasteiger partial charge in [0.15, 0.2) is 9.84 Å². The zero-order chi connectivity index (χ0) is 25.9. The number of aryl methyl sites for hydroxylation is 1. The zero-order valence-corrected chi connectivity index (χ0v) is 21.9. The first-order valence-corrected chi connectivity index (χ1v) is 14.5. The van der Waals surface area contributed by atoms with Gasteiger partial charge in [0.05, 0.1) is 22.3 Å². The first kappa shape index (κ1) is 25.4. The van der Waals surface area contributed by atoms with E-state index in [4.69, 9.17) is 0 Å². The van der Waals surface area contributed by atoms with Crippen molar-refractivity contribution in [2.24, 2.45) is 0 Å². The molecule has 37 heavy (non-hydrogen) atoms. The maximum Gasteiger partial charge on any atom is 0.180 e. The van der Waals surface area contributed by atoms with Crippen LogP contribution in [0.3, 0.4) is 0 Å². The molecule has 1 unspecified atom stereocenters. The number of sulfone groups is 1. The SMILES string of the molecule is Cc1ccc(S(=O)(=O)CC(O)[C@H]2CCCN2C(c2ccccc2)(c2ccccc2)c2ccccc2)cc1. The van der Waals surface area contributed by atoms with Crippen LogP contribution in [0, 0.1) is 6.92 Å². The Morgan fingerprint density at radius 3 is 1.70 bits per heavy atom. The molecular weight excluding hydrogens is 478 g/mol. The fourth-order valence-electron chi connectivity index (χ4n) is 5.82. The summed E-state index contributed by atoms with van der Waals surface area (Å²) in [6.45, 7) is 2.67. The molecule has 1 N–H and O–H groups in total. The second-order valence-corrected chi connectivity index (χ2v) is 11.9. The highest BCUT2D eigenvalue weighted by Crippen LogP contribution is 2.46. The number of likely N-dealkylation sites (tertiary alicyclic amines) is 1. The van der Waals surface area contributed by atoms with E-state index in [1.54, 1.807) is 24.3 Å². The van der Waals surface area contributed by atoms with Crippen molar-refractivity contribution in [3.05, 3.63) is 138 Å². The third-order valence-electron chi connectivity index (χ3n) is 7.52. The summed E-state index contributed by atoms with van der Waals surface area (Å²) in [5, 5.41) is 11.6. The van der Waals surface area contributed by atoms with Crippen molar-refractivity contribution in [1.29, 1.82) is 0 Å². The van der Waals surface area contributed by atoms with Gasteiger partial charge in [-0.3, -0.25) is 4.90 Å². The topological polar surface area (TPSA) is 57.6 Å². The highest BCUT2D eigenvalue weighted by molar-refractivity contribution is 7.91. The number of benzene rings is 4. The van der Waals surface area contributed by atoms with E-state index < -0.39 is 21.5 Å². The van der Waals surface area contributed by atoms with Crippen LogP contribution in [-0.4, -0.2) is 42.9 Å². The lowest BCUT2D eigenvalue weighted by atomic mass is 9.75. The Labute approximate surface area is 220 Å². The lowest BCUT2D eigenvalue weighted by Gasteiger charge is -2.47. The normalized spacial score (nSPS) is 17.5. The monoisotopic (exact) mass is 511 g/mol. The molecular formula is C32H33NO3S. The molecule has 1 heterocycles. The molecule has 4 aromatic carbocycles. The van der Waals surface area contributed by atoms with Crippen molar-refractivity contribution in [2.75, 3.05) is 12.3 Å². The third-order valence-corrected chi connectivity index (χ3v) is 9.29. The van der Waals surface area contributed by atoms with E-state index in [9.17, 15) is 13.5 Å². The Balaban J connectivity index is 1.62. The minimum absolute atomic E-state index is 0.252. The molecule has 4 nitrogen and oxygen atoms in total. The predicted molar refractivity (Wildman–Crippen MR) is 148 cm³/mol. The van der Waals surface area contributed by atoms with Crippen molar-refractivity contribution in [1.82, 2.24) is 4.90 Å². The number of hydrogen-bond acceptors (Lipinski definition) is 4. The quantitative estimate of drug-likeness (QED) is 0.314. The van der Waals surface area contributed by atoms with Crippen LogP contribution in [-0.2, 0) is 15.4 Å². The van der Waals surface area contributed by atoms with Gasteiger partial charge in [-0.1, -0.05) is 109 Å². The molecule has 1 aliphatic rings. The molecule has 0 aromatic heterocycles. The fourth-order valence-corrected chi connectivity index (χ4v) is 7.24. The van der Waals surface area contributed by atoms with Gasteiger partial charge < -0.3 is 5.11 Å². The largest absolute Gasteiger partial charge is 0.390 e. The van der Waals surface area contributed by atoms with E-state index in [1.807, 2.05) is 61.5 Å². The maximum absolute atomic E-state index is 13.3. The molecule has 0 bridgehead atoms. The highest BCUT2D eigenvalue weighted by atomic mass is 32.2. The summed E-state index contributed by atoms with van der Waals surface area (Å²) >= 11 is 0. The van der Waals surface area contributed by atoms with Gasteiger partial charge in [-0.2, -0.15) is 0 Å². The number of hydrogen-bond donors (Lipinski definition) is 1. The summed E-state index contributed by atoms with van der Waals surface area (Å²) in [6, 6.07) is 37.6. The van der Waals surface area contributed by atoms with Crippen LogP contribution in [0.15, 0.2) is 120 Å². The summed E-state index contributed by atoms with van der Waals surface area (Å²) in [6.07, 6.45) is 0.559. The lowest BCUT2D eigenvalue weighted by molar-refractivity contribution is 0.0451. The molecule has 1 aliphatic heterocycles. The Morgan fingerprint density at radius 2 is 1.24 bits per heavy atom. The first-order valence-electron chi connectivity index (χ1n) is 12.8. The summed E-state index contributed by atoms with van der Waals surface area (Å²) in [5.74, 6) is -0.314. The van der Waals surface area contributed by atoms with Crippen molar-refractivity contribution >= 4 is 9.84 Å². The van der Waals surface area contributed by atoms with Gasteiger partial charge in [0, 0.05) is 12.6 Å². The number of aliphatic hydroxyl groups is 1. The van der Waals surface area contributed by atoms with Gasteiger partial charge in [0.2, 0.25) is 0 Å². The summed E-state index contributed by atoms with van der Waals surface area (Å²) in [7, 11) is -3.65. The Hall–Kier alpha value is -3.25. The Morgan fingerprint density at radius 1 is 0.784 bits per heavy atom. The summed E-state index contributed by atoms with van der Waals surface area (Å²) < 4.78 is 26.6. The van der Waals surface area contributed by atoms with Gasteiger partial charge in [0.1, 0.15) is 0 Å². The van der Waals surface area contributed by atoms with Crippen LogP contribution in [0.1, 0.15) is 35.1 Å². The molecule has 5 rings (SSSR count). The number of nitrogens with zero attached hydrogens (tertiary/aromatic N) is 1. The van der Waals surface area contributed by atoms with Gasteiger partial charge in [-0.25, -0.2) is 8.42 Å². The molecule has 0 spiro atoms. The molecule has 0 aliphatic carbocycles. The average Bonchev–Trinajstić information content (AvgIpc) is 3.42. The number of rotatable bonds is 8. The smallest absolute Gasteiger partial charge is 0.180 e. The first-order chi connectivity index (χ1) is 17.9. The van der Waals surface area contributed by atoms with Crippen LogP contribution in [0.2, 0.25) is 0 Å². The maximum atomic E-state index is 13.3. The van der Waals surface area contributed by atoms with Gasteiger partial charge in [0.25, 0.3) is 0 Å². The van der Waals surface area contributed by atoms with Crippen molar-refractivity contribution in [3.63, 3.8) is 0 Å². The molecule has 4 aromatic rings. The van der Waals surface area contributed by atoms with Crippen LogP contribution < -0.4 is 0 Å². The molecule has 5 heteroatoms. The van der Waals surface area contributed by atoms with E-state index in [0.717, 1.165) is 41.6 Å². The Bertz CT molecular complexity index is 1310. The van der Waals surface area contributed by atoms with Gasteiger partial charge in [-0.15, -0.1) is 0 Å². The second kappa shape index (κ2) is 10.6. The fraction of sp³-hybridized carbons (Fsp3) is 0.250. The molecule has 190 valence electrons. The third kappa shape index (κ3) is 4.87. The minimum atomic E-state index is -3.65. The van der Waals surface area contributed by atoms with Crippen LogP contribution >= 0.6 is 0 Å². The molecule has 0 amide bonds. The zero-order valence-electron chi connectivity index (χ0n) is 21.1. The molecule has 0 saturated carbocycles. The molecule has 1 saturated heterocycles. The van der Waals surface area contributed by atoms with E-state index in [0.29, 0.717) is 0 Å². The van der Waals surface area contributed by atoms with Gasteiger partial charge in [-0.05, 0) is 48.6 Å². The van der Waals surface area contributed by atoms with Crippen molar-refractivity contribution in [2.45, 2.75) is 42.3 Å². The summed E-state index contributed by atoms with van der Waals surface area (Å²) in [4.78, 5) is 2.59. The van der Waals surface area contributed by atoms with E-state index in [1.165, 1.54) is 0 Å². The lowest BCUT2D eigenvalue weighted by Crippen LogP contribution is -2.54. The average molecular weight is 512 g/mol. The second-order valence-electron chi connectivity index (χ2n) is 9.87. The predicted octanol–water partition coefficient (Wildman–Crippen LogP) is 5.59. The summed E-state index contributed by atoms with van der Waals surface area (Å²) in [5.41, 5.74) is 3.59. The van der Waals surface area contributed by atoms with Crippen LogP contribution in [0.4, 0.5) is 0 Å². The highest BCUT2D eigenvalue weighted by Gasteiger charge is 2.49.